The number of nitrogens with one attached hydrogen (secondary N) is 2. The molecule has 0 atom stereocenters. The maximum absolute atomic E-state index is 13.5. The van der Waals surface area contributed by atoms with Gasteiger partial charge in [0.1, 0.15) is 5.82 Å². The Balaban J connectivity index is 1.72. The van der Waals surface area contributed by atoms with E-state index in [-0.39, 0.29) is 17.1 Å². The van der Waals surface area contributed by atoms with Crippen LogP contribution in [0.25, 0.3) is 10.9 Å². The molecule has 2 N–H and O–H groups in total. The minimum Gasteiger partial charge on any atom is -0.361 e. The van der Waals surface area contributed by atoms with Gasteiger partial charge in [-0.3, -0.25) is 4.79 Å². The van der Waals surface area contributed by atoms with Crippen LogP contribution in [0.3, 0.4) is 0 Å². The molecule has 3 aromatic rings. The van der Waals surface area contributed by atoms with Crippen molar-refractivity contribution in [3.8, 4) is 0 Å². The number of benzene rings is 1. The average Bonchev–Trinajstić information content (AvgIpc) is 3.14. The van der Waals surface area contributed by atoms with Crippen molar-refractivity contribution in [1.29, 1.82) is 0 Å². The lowest BCUT2D eigenvalue weighted by Gasteiger charge is -2.25. The van der Waals surface area contributed by atoms with Gasteiger partial charge in [0.2, 0.25) is 5.91 Å². The molecule has 2 heterocycles. The van der Waals surface area contributed by atoms with Crippen molar-refractivity contribution in [2.45, 2.75) is 25.7 Å². The minimum absolute atomic E-state index is 0.00606. The fraction of sp³-hybridized carbons (Fsp3) is 0.278. The van der Waals surface area contributed by atoms with Gasteiger partial charge >= 0.3 is 0 Å². The van der Waals surface area contributed by atoms with Crippen molar-refractivity contribution in [2.75, 3.05) is 6.54 Å². The van der Waals surface area contributed by atoms with Gasteiger partial charge in [0, 0.05) is 33.9 Å². The van der Waals surface area contributed by atoms with E-state index in [1.807, 2.05) is 37.6 Å². The van der Waals surface area contributed by atoms with Gasteiger partial charge in [-0.2, -0.15) is 0 Å². The molecule has 3 nitrogen and oxygen atoms in total. The van der Waals surface area contributed by atoms with Gasteiger partial charge in [0.25, 0.3) is 0 Å². The quantitative estimate of drug-likeness (QED) is 0.729. The standard InChI is InChI=1S/C18H19FN2OS/c1-18(2,11-21-17(22)9-13-4-3-7-23-13)15-10-20-16-6-5-12(19)8-14(15)16/h3-8,10,20H,9,11H2,1-2H3,(H,21,22). The molecule has 0 unspecified atom stereocenters. The number of hydrogen-bond acceptors (Lipinski definition) is 2. The molecule has 23 heavy (non-hydrogen) atoms. The summed E-state index contributed by atoms with van der Waals surface area (Å²) in [5.74, 6) is -0.248. The number of rotatable bonds is 5. The van der Waals surface area contributed by atoms with Gasteiger partial charge in [-0.15, -0.1) is 11.3 Å². The fourth-order valence-electron chi connectivity index (χ4n) is 2.70. The van der Waals surface area contributed by atoms with Crippen LogP contribution >= 0.6 is 11.3 Å². The third kappa shape index (κ3) is 3.45. The first kappa shape index (κ1) is 15.7. The minimum atomic E-state index is -0.294. The second-order valence-corrected chi connectivity index (χ2v) is 7.34. The summed E-state index contributed by atoms with van der Waals surface area (Å²) in [6.07, 6.45) is 2.30. The second kappa shape index (κ2) is 6.16. The zero-order chi connectivity index (χ0) is 16.4. The van der Waals surface area contributed by atoms with Gasteiger partial charge in [-0.05, 0) is 35.2 Å². The summed E-state index contributed by atoms with van der Waals surface area (Å²) >= 11 is 1.58. The monoisotopic (exact) mass is 330 g/mol. The van der Waals surface area contributed by atoms with Crippen molar-refractivity contribution in [3.05, 3.63) is 58.2 Å². The van der Waals surface area contributed by atoms with Crippen molar-refractivity contribution < 1.29 is 9.18 Å². The lowest BCUT2D eigenvalue weighted by molar-refractivity contribution is -0.120. The Kier molecular flexibility index (Phi) is 4.22. The number of thiophene rings is 1. The van der Waals surface area contributed by atoms with E-state index < -0.39 is 0 Å². The predicted octanol–water partition coefficient (Wildman–Crippen LogP) is 4.01. The number of carbonyl (C=O) groups is 1. The summed E-state index contributed by atoms with van der Waals surface area (Å²) < 4.78 is 13.5. The zero-order valence-corrected chi connectivity index (χ0v) is 14.0. The van der Waals surface area contributed by atoms with Crippen LogP contribution in [0, 0.1) is 5.82 Å². The molecule has 0 bridgehead atoms. The van der Waals surface area contributed by atoms with E-state index in [0.717, 1.165) is 21.3 Å². The number of hydrogen-bond donors (Lipinski definition) is 2. The van der Waals surface area contributed by atoms with E-state index in [1.54, 1.807) is 17.4 Å². The Morgan fingerprint density at radius 1 is 1.35 bits per heavy atom. The summed E-state index contributed by atoms with van der Waals surface area (Å²) in [5.41, 5.74) is 1.61. The Bertz CT molecular complexity index is 821. The Morgan fingerprint density at radius 2 is 2.17 bits per heavy atom. The first-order chi connectivity index (χ1) is 11.0. The highest BCUT2D eigenvalue weighted by atomic mass is 32.1. The van der Waals surface area contributed by atoms with Crippen LogP contribution in [0.1, 0.15) is 24.3 Å². The summed E-state index contributed by atoms with van der Waals surface area (Å²) in [7, 11) is 0. The normalized spacial score (nSPS) is 11.8. The van der Waals surface area contributed by atoms with Crippen molar-refractivity contribution in [3.63, 3.8) is 0 Å². The van der Waals surface area contributed by atoms with Gasteiger partial charge in [-0.1, -0.05) is 19.9 Å². The van der Waals surface area contributed by atoms with E-state index in [0.29, 0.717) is 13.0 Å². The molecule has 0 aliphatic heterocycles. The Morgan fingerprint density at radius 3 is 2.91 bits per heavy atom. The summed E-state index contributed by atoms with van der Waals surface area (Å²) in [6.45, 7) is 4.60. The molecule has 0 aliphatic rings. The van der Waals surface area contributed by atoms with Crippen LogP contribution in [-0.4, -0.2) is 17.4 Å². The van der Waals surface area contributed by atoms with E-state index in [4.69, 9.17) is 0 Å². The molecular formula is C18H19FN2OS. The number of halogens is 1. The molecule has 0 aliphatic carbocycles. The van der Waals surface area contributed by atoms with Crippen LogP contribution in [0.5, 0.6) is 0 Å². The number of amides is 1. The maximum atomic E-state index is 13.5. The maximum Gasteiger partial charge on any atom is 0.225 e. The summed E-state index contributed by atoms with van der Waals surface area (Å²) in [6, 6.07) is 8.62. The van der Waals surface area contributed by atoms with E-state index >= 15 is 0 Å². The number of fused-ring (bicyclic) bond motifs is 1. The van der Waals surface area contributed by atoms with Gasteiger partial charge in [-0.25, -0.2) is 4.39 Å². The van der Waals surface area contributed by atoms with Crippen molar-refractivity contribution in [1.82, 2.24) is 10.3 Å². The van der Waals surface area contributed by atoms with Crippen molar-refractivity contribution >= 4 is 28.1 Å². The largest absolute Gasteiger partial charge is 0.361 e. The van der Waals surface area contributed by atoms with E-state index in [9.17, 15) is 9.18 Å². The number of H-pyrrole nitrogens is 1. The number of carbonyl (C=O) groups excluding carboxylic acids is 1. The number of aromatic nitrogens is 1. The summed E-state index contributed by atoms with van der Waals surface area (Å²) in [4.78, 5) is 16.3. The molecule has 5 heteroatoms. The SMILES string of the molecule is CC(C)(CNC(=O)Cc1cccs1)c1c[nH]c2ccc(F)cc12. The van der Waals surface area contributed by atoms with E-state index in [1.165, 1.54) is 12.1 Å². The third-order valence-corrected chi connectivity index (χ3v) is 4.89. The number of aromatic amines is 1. The van der Waals surface area contributed by atoms with Gasteiger partial charge in [0.15, 0.2) is 0 Å². The summed E-state index contributed by atoms with van der Waals surface area (Å²) in [5, 5.41) is 5.82. The molecular weight excluding hydrogens is 311 g/mol. The highest BCUT2D eigenvalue weighted by Crippen LogP contribution is 2.30. The van der Waals surface area contributed by atoms with Crippen LogP contribution in [0.4, 0.5) is 4.39 Å². The Labute approximate surface area is 138 Å². The molecule has 0 saturated carbocycles. The fourth-order valence-corrected chi connectivity index (χ4v) is 3.40. The zero-order valence-electron chi connectivity index (χ0n) is 13.2. The van der Waals surface area contributed by atoms with Gasteiger partial charge < -0.3 is 10.3 Å². The average molecular weight is 330 g/mol. The molecule has 0 fully saturated rings. The second-order valence-electron chi connectivity index (χ2n) is 6.31. The molecule has 1 aromatic carbocycles. The highest BCUT2D eigenvalue weighted by Gasteiger charge is 2.25. The Hall–Kier alpha value is -2.14. The molecule has 0 radical (unpaired) electrons. The van der Waals surface area contributed by atoms with Crippen LogP contribution in [0.15, 0.2) is 41.9 Å². The first-order valence-corrected chi connectivity index (χ1v) is 8.40. The van der Waals surface area contributed by atoms with Crippen molar-refractivity contribution in [2.24, 2.45) is 0 Å². The third-order valence-electron chi connectivity index (χ3n) is 4.02. The smallest absolute Gasteiger partial charge is 0.225 e. The van der Waals surface area contributed by atoms with Crippen LogP contribution < -0.4 is 5.32 Å². The first-order valence-electron chi connectivity index (χ1n) is 7.52. The molecule has 1 amide bonds. The lowest BCUT2D eigenvalue weighted by atomic mass is 9.84. The predicted molar refractivity (Wildman–Crippen MR) is 92.3 cm³/mol. The molecule has 3 rings (SSSR count). The molecule has 0 spiro atoms. The van der Waals surface area contributed by atoms with Crippen LogP contribution in [0.2, 0.25) is 0 Å². The topological polar surface area (TPSA) is 44.9 Å². The molecule has 120 valence electrons. The van der Waals surface area contributed by atoms with Gasteiger partial charge in [0.05, 0.1) is 6.42 Å². The van der Waals surface area contributed by atoms with Crippen LogP contribution in [-0.2, 0) is 16.6 Å². The molecule has 0 saturated heterocycles. The lowest BCUT2D eigenvalue weighted by Crippen LogP contribution is -2.37. The molecule has 2 aromatic heterocycles. The van der Waals surface area contributed by atoms with E-state index in [2.05, 4.69) is 10.3 Å². The highest BCUT2D eigenvalue weighted by molar-refractivity contribution is 7.10.